The van der Waals surface area contributed by atoms with Gasteiger partial charge in [0.05, 0.1) is 11.8 Å². The van der Waals surface area contributed by atoms with Gasteiger partial charge in [0.25, 0.3) is 0 Å². The van der Waals surface area contributed by atoms with Gasteiger partial charge in [0.2, 0.25) is 0 Å². The summed E-state index contributed by atoms with van der Waals surface area (Å²) >= 11 is 0. The van der Waals surface area contributed by atoms with E-state index in [-0.39, 0.29) is 17.4 Å². The molecule has 2 aromatic carbocycles. The molecule has 4 heteroatoms. The highest BCUT2D eigenvalue weighted by Crippen LogP contribution is 2.29. The summed E-state index contributed by atoms with van der Waals surface area (Å²) < 4.78 is 32.7. The van der Waals surface area contributed by atoms with Crippen LogP contribution in [0.25, 0.3) is 11.1 Å². The van der Waals surface area contributed by atoms with Gasteiger partial charge in [-0.2, -0.15) is 0 Å². The predicted molar refractivity (Wildman–Crippen MR) is 72.0 cm³/mol. The van der Waals surface area contributed by atoms with Gasteiger partial charge in [-0.25, -0.2) is 8.78 Å². The SMILES string of the molecule is CC(C)Oc1ccc(F)c(-c2ccc(N)c(F)c2)c1. The molecular weight excluding hydrogens is 248 g/mol. The maximum absolute atomic E-state index is 13.8. The standard InChI is InChI=1S/C15H15F2NO/c1-9(2)19-11-4-5-13(16)12(8-11)10-3-6-15(18)14(17)7-10/h3-9H,18H2,1-2H3. The molecule has 0 spiro atoms. The number of ether oxygens (including phenoxy) is 1. The first-order valence-electron chi connectivity index (χ1n) is 5.99. The van der Waals surface area contributed by atoms with E-state index >= 15 is 0 Å². The molecular formula is C15H15F2NO. The molecule has 2 aromatic rings. The summed E-state index contributed by atoms with van der Waals surface area (Å²) in [5.74, 6) is -0.448. The molecule has 0 radical (unpaired) electrons. The lowest BCUT2D eigenvalue weighted by Gasteiger charge is -2.12. The average molecular weight is 263 g/mol. The lowest BCUT2D eigenvalue weighted by Crippen LogP contribution is -2.05. The van der Waals surface area contributed by atoms with Crippen molar-refractivity contribution in [1.29, 1.82) is 0 Å². The van der Waals surface area contributed by atoms with E-state index in [1.54, 1.807) is 18.2 Å². The van der Waals surface area contributed by atoms with Gasteiger partial charge in [0, 0.05) is 5.56 Å². The van der Waals surface area contributed by atoms with E-state index in [0.29, 0.717) is 11.3 Å². The van der Waals surface area contributed by atoms with Gasteiger partial charge in [-0.3, -0.25) is 0 Å². The average Bonchev–Trinajstić information content (AvgIpc) is 2.34. The highest BCUT2D eigenvalue weighted by atomic mass is 19.1. The van der Waals surface area contributed by atoms with Crippen molar-refractivity contribution in [1.82, 2.24) is 0 Å². The van der Waals surface area contributed by atoms with Crippen LogP contribution >= 0.6 is 0 Å². The zero-order valence-corrected chi connectivity index (χ0v) is 10.8. The first kappa shape index (κ1) is 13.3. The van der Waals surface area contributed by atoms with E-state index in [2.05, 4.69) is 0 Å². The van der Waals surface area contributed by atoms with Crippen LogP contribution in [0.4, 0.5) is 14.5 Å². The van der Waals surface area contributed by atoms with E-state index in [4.69, 9.17) is 10.5 Å². The predicted octanol–water partition coefficient (Wildman–Crippen LogP) is 4.00. The van der Waals surface area contributed by atoms with Crippen molar-refractivity contribution >= 4 is 5.69 Å². The first-order valence-corrected chi connectivity index (χ1v) is 5.99. The Morgan fingerprint density at radius 3 is 2.37 bits per heavy atom. The van der Waals surface area contributed by atoms with Crippen LogP contribution in [0, 0.1) is 11.6 Å². The highest BCUT2D eigenvalue weighted by molar-refractivity contribution is 5.68. The zero-order valence-electron chi connectivity index (χ0n) is 10.8. The smallest absolute Gasteiger partial charge is 0.146 e. The van der Waals surface area contributed by atoms with Crippen molar-refractivity contribution in [3.8, 4) is 16.9 Å². The molecule has 0 aromatic heterocycles. The van der Waals surface area contributed by atoms with Crippen LogP contribution in [0.3, 0.4) is 0 Å². The monoisotopic (exact) mass is 263 g/mol. The van der Waals surface area contributed by atoms with Gasteiger partial charge >= 0.3 is 0 Å². The largest absolute Gasteiger partial charge is 0.491 e. The second-order valence-electron chi connectivity index (χ2n) is 4.54. The Bertz CT molecular complexity index is 597. The summed E-state index contributed by atoms with van der Waals surface area (Å²) in [7, 11) is 0. The van der Waals surface area contributed by atoms with Gasteiger partial charge in [0.15, 0.2) is 0 Å². The quantitative estimate of drug-likeness (QED) is 0.849. The number of halogens is 2. The maximum atomic E-state index is 13.8. The van der Waals surface area contributed by atoms with Gasteiger partial charge in [-0.05, 0) is 49.7 Å². The Hall–Kier alpha value is -2.10. The minimum absolute atomic E-state index is 0.0125. The minimum Gasteiger partial charge on any atom is -0.491 e. The van der Waals surface area contributed by atoms with Crippen LogP contribution in [-0.2, 0) is 0 Å². The summed E-state index contributed by atoms with van der Waals surface area (Å²) in [5.41, 5.74) is 6.17. The van der Waals surface area contributed by atoms with Crippen molar-refractivity contribution in [2.75, 3.05) is 5.73 Å². The fourth-order valence-corrected chi connectivity index (χ4v) is 1.77. The van der Waals surface area contributed by atoms with Gasteiger partial charge in [0.1, 0.15) is 17.4 Å². The van der Waals surface area contributed by atoms with E-state index in [1.165, 1.54) is 18.2 Å². The Morgan fingerprint density at radius 1 is 1.00 bits per heavy atom. The summed E-state index contributed by atoms with van der Waals surface area (Å²) in [4.78, 5) is 0. The lowest BCUT2D eigenvalue weighted by molar-refractivity contribution is 0.242. The Kier molecular flexibility index (Phi) is 3.69. The number of hydrogen-bond donors (Lipinski definition) is 1. The molecule has 0 bridgehead atoms. The minimum atomic E-state index is -0.563. The molecule has 0 unspecified atom stereocenters. The third kappa shape index (κ3) is 3.02. The number of nitrogens with two attached hydrogens (primary N) is 1. The van der Waals surface area contributed by atoms with Crippen LogP contribution in [-0.4, -0.2) is 6.10 Å². The fourth-order valence-electron chi connectivity index (χ4n) is 1.77. The topological polar surface area (TPSA) is 35.2 Å². The molecule has 0 saturated heterocycles. The number of rotatable bonds is 3. The zero-order chi connectivity index (χ0) is 14.0. The number of nitrogen functional groups attached to an aromatic ring is 1. The molecule has 0 amide bonds. The van der Waals surface area contributed by atoms with E-state index in [0.717, 1.165) is 0 Å². The Morgan fingerprint density at radius 2 is 1.74 bits per heavy atom. The van der Waals surface area contributed by atoms with Gasteiger partial charge in [-0.1, -0.05) is 6.07 Å². The molecule has 0 atom stereocenters. The number of anilines is 1. The molecule has 2 N–H and O–H groups in total. The highest BCUT2D eigenvalue weighted by Gasteiger charge is 2.10. The van der Waals surface area contributed by atoms with E-state index in [1.807, 2.05) is 13.8 Å². The van der Waals surface area contributed by atoms with Crippen molar-refractivity contribution in [2.45, 2.75) is 20.0 Å². The maximum Gasteiger partial charge on any atom is 0.146 e. The van der Waals surface area contributed by atoms with Gasteiger partial charge in [-0.15, -0.1) is 0 Å². The molecule has 100 valence electrons. The Balaban J connectivity index is 2.45. The van der Waals surface area contributed by atoms with Crippen molar-refractivity contribution in [2.24, 2.45) is 0 Å². The molecule has 0 saturated carbocycles. The summed E-state index contributed by atoms with van der Waals surface area (Å²) in [6.07, 6.45) is -0.0125. The molecule has 0 aliphatic carbocycles. The second-order valence-corrected chi connectivity index (χ2v) is 4.54. The third-order valence-electron chi connectivity index (χ3n) is 2.62. The molecule has 0 fully saturated rings. The fraction of sp³-hybridized carbons (Fsp3) is 0.200. The molecule has 0 aliphatic rings. The van der Waals surface area contributed by atoms with Crippen molar-refractivity contribution in [3.05, 3.63) is 48.0 Å². The Labute approximate surface area is 110 Å². The lowest BCUT2D eigenvalue weighted by atomic mass is 10.0. The van der Waals surface area contributed by atoms with E-state index in [9.17, 15) is 8.78 Å². The van der Waals surface area contributed by atoms with E-state index < -0.39 is 11.6 Å². The van der Waals surface area contributed by atoms with Crippen molar-refractivity contribution < 1.29 is 13.5 Å². The van der Waals surface area contributed by atoms with Crippen LogP contribution in [0.1, 0.15) is 13.8 Å². The summed E-state index contributed by atoms with van der Waals surface area (Å²) in [6.45, 7) is 3.76. The summed E-state index contributed by atoms with van der Waals surface area (Å²) in [5, 5.41) is 0. The summed E-state index contributed by atoms with van der Waals surface area (Å²) in [6, 6.07) is 8.62. The third-order valence-corrected chi connectivity index (χ3v) is 2.62. The van der Waals surface area contributed by atoms with Crippen LogP contribution < -0.4 is 10.5 Å². The molecule has 2 rings (SSSR count). The molecule has 0 aliphatic heterocycles. The molecule has 19 heavy (non-hydrogen) atoms. The number of benzene rings is 2. The normalized spacial score (nSPS) is 10.8. The second kappa shape index (κ2) is 5.26. The number of hydrogen-bond acceptors (Lipinski definition) is 2. The van der Waals surface area contributed by atoms with Crippen LogP contribution in [0.5, 0.6) is 5.75 Å². The van der Waals surface area contributed by atoms with Crippen LogP contribution in [0.2, 0.25) is 0 Å². The molecule has 2 nitrogen and oxygen atoms in total. The van der Waals surface area contributed by atoms with Crippen LogP contribution in [0.15, 0.2) is 36.4 Å². The molecule has 0 heterocycles. The first-order chi connectivity index (χ1) is 8.97. The van der Waals surface area contributed by atoms with Crippen molar-refractivity contribution in [3.63, 3.8) is 0 Å². The van der Waals surface area contributed by atoms with Gasteiger partial charge < -0.3 is 10.5 Å².